The molecule has 0 unspecified atom stereocenters. The summed E-state index contributed by atoms with van der Waals surface area (Å²) < 4.78 is 5.19. The van der Waals surface area contributed by atoms with E-state index in [-0.39, 0.29) is 27.7 Å². The summed E-state index contributed by atoms with van der Waals surface area (Å²) in [5, 5.41) is 38.1. The maximum Gasteiger partial charge on any atom is 0.339 e. The Hall–Kier alpha value is -5.27. The number of carbonyl (C=O) groups excluding carboxylic acids is 1. The second-order valence-electron chi connectivity index (χ2n) is 9.03. The molecule has 4 aromatic carbocycles. The molecule has 5 rings (SSSR count). The average molecular weight is 567 g/mol. The fraction of sp³-hybridized carbons (Fsp3) is 0.0323. The van der Waals surface area contributed by atoms with Crippen LogP contribution in [0.5, 0.6) is 0 Å². The Balaban J connectivity index is 2.09. The fourth-order valence-corrected chi connectivity index (χ4v) is 9.70. The van der Waals surface area contributed by atoms with Crippen LogP contribution in [0, 0.1) is 20.2 Å². The average Bonchev–Trinajstić information content (AvgIpc) is 3.32. The Morgan fingerprint density at radius 1 is 0.707 bits per heavy atom. The third-order valence-corrected chi connectivity index (χ3v) is 11.2. The number of non-ortho nitro benzene ring substituents is 1. The van der Waals surface area contributed by atoms with Crippen molar-refractivity contribution in [2.45, 2.75) is 0 Å². The van der Waals surface area contributed by atoms with Gasteiger partial charge in [-0.3, -0.25) is 20.2 Å². The third-order valence-electron chi connectivity index (χ3n) is 6.88. The van der Waals surface area contributed by atoms with E-state index in [0.717, 1.165) is 23.0 Å². The smallest absolute Gasteiger partial charge is 0.339 e. The number of hydrogen-bond acceptors (Lipinski definition) is 7. The number of carbonyl (C=O) groups is 1. The summed E-state index contributed by atoms with van der Waals surface area (Å²) in [5.74, 6) is -1.54. The van der Waals surface area contributed by atoms with E-state index in [0.29, 0.717) is 0 Å². The van der Waals surface area contributed by atoms with Gasteiger partial charge < -0.3 is 9.84 Å². The van der Waals surface area contributed by atoms with Gasteiger partial charge in [0.15, 0.2) is 0 Å². The van der Waals surface area contributed by atoms with E-state index in [2.05, 4.69) is 0 Å². The lowest BCUT2D eigenvalue weighted by molar-refractivity contribution is -0.418. The Morgan fingerprint density at radius 3 is 1.51 bits per heavy atom. The van der Waals surface area contributed by atoms with Crippen molar-refractivity contribution in [2.75, 3.05) is 7.11 Å². The first-order valence-corrected chi connectivity index (χ1v) is 14.2. The van der Waals surface area contributed by atoms with Gasteiger partial charge in [0, 0.05) is 17.4 Å². The number of hydrogen-bond donors (Lipinski definition) is 1. The van der Waals surface area contributed by atoms with Crippen molar-refractivity contribution in [3.8, 4) is 0 Å². The number of methoxy groups -OCH3 is 1. The molecule has 1 N–H and O–H groups in total. The predicted octanol–water partition coefficient (Wildman–Crippen LogP) is 4.75. The summed E-state index contributed by atoms with van der Waals surface area (Å²) in [6, 6.07) is 32.8. The quantitative estimate of drug-likeness (QED) is 0.148. The molecule has 41 heavy (non-hydrogen) atoms. The molecule has 0 radical (unpaired) electrons. The van der Waals surface area contributed by atoms with Gasteiger partial charge in [-0.1, -0.05) is 91.0 Å². The predicted molar refractivity (Wildman–Crippen MR) is 159 cm³/mol. The second kappa shape index (κ2) is 11.1. The molecule has 0 bridgehead atoms. The van der Waals surface area contributed by atoms with Crippen LogP contribution in [0.15, 0.2) is 132 Å². The van der Waals surface area contributed by atoms with E-state index < -0.39 is 34.2 Å². The number of rotatable bonds is 7. The molecule has 0 aliphatic heterocycles. The van der Waals surface area contributed by atoms with Crippen molar-refractivity contribution >= 4 is 45.3 Å². The third kappa shape index (κ3) is 4.52. The molecule has 0 amide bonds. The first-order chi connectivity index (χ1) is 19.8. The van der Waals surface area contributed by atoms with Crippen LogP contribution < -0.4 is 15.9 Å². The van der Waals surface area contributed by atoms with Gasteiger partial charge in [-0.15, -0.1) is 0 Å². The normalized spacial score (nSPS) is 13.3. The minimum Gasteiger partial charge on any atom is -0.502 e. The first-order valence-electron chi connectivity index (χ1n) is 12.4. The number of nitro benzene ring substituents is 1. The van der Waals surface area contributed by atoms with Crippen molar-refractivity contribution < 1.29 is 24.5 Å². The molecule has 0 fully saturated rings. The van der Waals surface area contributed by atoms with Crippen LogP contribution in [-0.2, 0) is 9.53 Å². The van der Waals surface area contributed by atoms with Crippen LogP contribution in [0.3, 0.4) is 0 Å². The van der Waals surface area contributed by atoms with Gasteiger partial charge >= 0.3 is 11.7 Å². The lowest BCUT2D eigenvalue weighted by Gasteiger charge is -2.32. The Kier molecular flexibility index (Phi) is 7.38. The molecule has 10 heteroatoms. The zero-order valence-corrected chi connectivity index (χ0v) is 22.6. The molecule has 0 atom stereocenters. The largest absolute Gasteiger partial charge is 0.502 e. The number of esters is 1. The molecular weight excluding hydrogens is 543 g/mol. The highest BCUT2D eigenvalue weighted by atomic mass is 31.2. The highest BCUT2D eigenvalue weighted by molar-refractivity contribution is 7.96. The Bertz CT molecular complexity index is 1680. The van der Waals surface area contributed by atoms with E-state index >= 15 is 0 Å². The van der Waals surface area contributed by atoms with Crippen LogP contribution in [-0.4, -0.2) is 33.3 Å². The van der Waals surface area contributed by atoms with Gasteiger partial charge in [-0.05, 0) is 40.5 Å². The molecule has 1 aliphatic rings. The van der Waals surface area contributed by atoms with Crippen LogP contribution in [0.25, 0.3) is 5.57 Å². The standard InChI is InChI=1S/C31H23N2O7P/c1-40-31(35)27-26(21-17-19-22(20-18-21)32(36)37)28(33(38)39)29(34)30(27)41(23-11-5-2-6-12-23,24-13-7-3-8-14-24)25-15-9-4-10-16-25/h2-20,34H,1H3. The first kappa shape index (κ1) is 27.3. The SMILES string of the molecule is COC(=O)C1=C(c2ccc([N+](=O)[O-])cc2)C([N+](=O)[O-])=C(O)C1=P(c1ccccc1)(c1ccccc1)c1ccccc1. The van der Waals surface area contributed by atoms with E-state index in [1.165, 1.54) is 24.3 Å². The Labute approximate surface area is 234 Å². The second-order valence-corrected chi connectivity index (χ2v) is 12.4. The number of ether oxygens (including phenoxy) is 1. The molecule has 0 spiro atoms. The van der Waals surface area contributed by atoms with Gasteiger partial charge in [0.1, 0.15) is 0 Å². The van der Waals surface area contributed by atoms with Gasteiger partial charge in [-0.2, -0.15) is 0 Å². The van der Waals surface area contributed by atoms with Crippen molar-refractivity contribution in [1.29, 1.82) is 0 Å². The van der Waals surface area contributed by atoms with Gasteiger partial charge in [0.25, 0.3) is 5.69 Å². The van der Waals surface area contributed by atoms with Crippen molar-refractivity contribution in [3.05, 3.63) is 158 Å². The summed E-state index contributed by atoms with van der Waals surface area (Å²) in [7, 11) is 1.16. The highest BCUT2D eigenvalue weighted by Gasteiger charge is 2.47. The van der Waals surface area contributed by atoms with Crippen molar-refractivity contribution in [3.63, 3.8) is 0 Å². The van der Waals surface area contributed by atoms with Gasteiger partial charge in [0.05, 0.1) is 28.1 Å². The molecule has 0 heterocycles. The van der Waals surface area contributed by atoms with Crippen LogP contribution in [0.2, 0.25) is 0 Å². The summed E-state index contributed by atoms with van der Waals surface area (Å²) in [6.07, 6.45) is 0. The zero-order valence-electron chi connectivity index (χ0n) is 21.7. The van der Waals surface area contributed by atoms with Gasteiger partial charge in [0.2, 0.25) is 5.76 Å². The Morgan fingerprint density at radius 2 is 1.15 bits per heavy atom. The summed E-state index contributed by atoms with van der Waals surface area (Å²) in [4.78, 5) is 36.2. The molecule has 0 saturated heterocycles. The number of nitrogens with zero attached hydrogens (tertiary/aromatic N) is 2. The molecule has 9 nitrogen and oxygen atoms in total. The number of aliphatic hydroxyl groups is 1. The topological polar surface area (TPSA) is 133 Å². The molecule has 4 aromatic rings. The highest BCUT2D eigenvalue weighted by Crippen LogP contribution is 2.53. The van der Waals surface area contributed by atoms with Crippen LogP contribution in [0.4, 0.5) is 5.69 Å². The lowest BCUT2D eigenvalue weighted by atomic mass is 10.0. The number of allylic oxidation sites excluding steroid dienone is 2. The monoisotopic (exact) mass is 566 g/mol. The van der Waals surface area contributed by atoms with Crippen molar-refractivity contribution in [2.24, 2.45) is 0 Å². The summed E-state index contributed by atoms with van der Waals surface area (Å²) >= 11 is 0. The minimum absolute atomic E-state index is 0.0769. The lowest BCUT2D eigenvalue weighted by Crippen LogP contribution is -2.32. The van der Waals surface area contributed by atoms with E-state index in [1.54, 1.807) is 0 Å². The molecule has 204 valence electrons. The summed E-state index contributed by atoms with van der Waals surface area (Å²) in [5.41, 5.74) is -1.10. The zero-order chi connectivity index (χ0) is 29.1. The number of aliphatic hydroxyl groups excluding tert-OH is 1. The molecule has 0 saturated carbocycles. The molecule has 1 aliphatic carbocycles. The molecule has 0 aromatic heterocycles. The van der Waals surface area contributed by atoms with Crippen LogP contribution in [0.1, 0.15) is 5.56 Å². The van der Waals surface area contributed by atoms with Crippen LogP contribution >= 0.6 is 6.89 Å². The van der Waals surface area contributed by atoms with Crippen molar-refractivity contribution in [1.82, 2.24) is 0 Å². The minimum atomic E-state index is -3.20. The van der Waals surface area contributed by atoms with E-state index in [4.69, 9.17) is 4.74 Å². The fourth-order valence-electron chi connectivity index (χ4n) is 5.21. The summed E-state index contributed by atoms with van der Waals surface area (Å²) in [6.45, 7) is -3.20. The van der Waals surface area contributed by atoms with E-state index in [9.17, 15) is 30.1 Å². The van der Waals surface area contributed by atoms with E-state index in [1.807, 2.05) is 91.0 Å². The number of nitro groups is 2. The van der Waals surface area contributed by atoms with Gasteiger partial charge in [-0.25, -0.2) is 4.79 Å². The molecular formula is C31H23N2O7P. The maximum absolute atomic E-state index is 13.7. The maximum atomic E-state index is 13.7. The number of benzene rings is 4.